The van der Waals surface area contributed by atoms with E-state index >= 15 is 0 Å². The molecule has 11 heteroatoms. The monoisotopic (exact) mass is 324 g/mol. The lowest BCUT2D eigenvalue weighted by Gasteiger charge is -2.08. The van der Waals surface area contributed by atoms with Gasteiger partial charge >= 0.3 is 17.3 Å². The second-order valence-corrected chi connectivity index (χ2v) is 4.47. The first-order chi connectivity index (χ1) is 10.7. The summed E-state index contributed by atoms with van der Waals surface area (Å²) in [6.07, 6.45) is 0. The molecule has 1 aromatic heterocycles. The number of benzene rings is 1. The Morgan fingerprint density at radius 3 is 2.26 bits per heavy atom. The van der Waals surface area contributed by atoms with Gasteiger partial charge in [0.2, 0.25) is 5.58 Å². The van der Waals surface area contributed by atoms with E-state index in [1.165, 1.54) is 6.92 Å². The zero-order chi connectivity index (χ0) is 17.5. The molecule has 0 aliphatic rings. The molecule has 0 amide bonds. The molecule has 120 valence electrons. The number of hydrogen-bond donors (Lipinski definition) is 2. The number of nitro groups is 2. The van der Waals surface area contributed by atoms with Crippen LogP contribution in [-0.2, 0) is 6.61 Å². The number of nitro benzene ring substituents is 2. The Kier molecular flexibility index (Phi) is 3.80. The van der Waals surface area contributed by atoms with Crippen molar-refractivity contribution in [2.45, 2.75) is 13.5 Å². The molecule has 0 bridgehead atoms. The number of carboxylic acids is 1. The van der Waals surface area contributed by atoms with Crippen LogP contribution in [0.15, 0.2) is 15.3 Å². The van der Waals surface area contributed by atoms with Crippen molar-refractivity contribution < 1.29 is 29.3 Å². The highest BCUT2D eigenvalue weighted by molar-refractivity contribution is 5.98. The fourth-order valence-corrected chi connectivity index (χ4v) is 2.27. The molecule has 0 saturated carbocycles. The average Bonchev–Trinajstić information content (AvgIpc) is 2.44. The predicted molar refractivity (Wildman–Crippen MR) is 73.4 cm³/mol. The second kappa shape index (κ2) is 5.46. The summed E-state index contributed by atoms with van der Waals surface area (Å²) < 4.78 is 4.69. The van der Waals surface area contributed by atoms with Gasteiger partial charge in [-0.1, -0.05) is 0 Å². The van der Waals surface area contributed by atoms with Crippen LogP contribution >= 0.6 is 0 Å². The summed E-state index contributed by atoms with van der Waals surface area (Å²) >= 11 is 0. The summed E-state index contributed by atoms with van der Waals surface area (Å²) in [6.45, 7) is 0.169. The Balaban J connectivity index is 3.17. The number of carbonyl (C=O) groups is 1. The van der Waals surface area contributed by atoms with Crippen molar-refractivity contribution in [3.63, 3.8) is 0 Å². The number of aromatic carboxylic acids is 1. The molecule has 1 heterocycles. The van der Waals surface area contributed by atoms with Gasteiger partial charge < -0.3 is 14.6 Å². The third-order valence-corrected chi connectivity index (χ3v) is 3.25. The van der Waals surface area contributed by atoms with Crippen LogP contribution in [-0.4, -0.2) is 26.0 Å². The summed E-state index contributed by atoms with van der Waals surface area (Å²) in [6, 6.07) is 0.778. The smallest absolute Gasteiger partial charge is 0.351 e. The highest BCUT2D eigenvalue weighted by atomic mass is 16.6. The minimum Gasteiger partial charge on any atom is -0.477 e. The lowest BCUT2D eigenvalue weighted by Crippen LogP contribution is -2.14. The Morgan fingerprint density at radius 1 is 1.26 bits per heavy atom. The van der Waals surface area contributed by atoms with Gasteiger partial charge in [-0.3, -0.25) is 20.2 Å². The minimum absolute atomic E-state index is 0.161. The van der Waals surface area contributed by atoms with E-state index in [1.54, 1.807) is 0 Å². The van der Waals surface area contributed by atoms with Gasteiger partial charge in [0.25, 0.3) is 5.69 Å². The van der Waals surface area contributed by atoms with Gasteiger partial charge in [0.15, 0.2) is 0 Å². The van der Waals surface area contributed by atoms with E-state index in [0.717, 1.165) is 6.07 Å². The largest absolute Gasteiger partial charge is 0.477 e. The molecule has 23 heavy (non-hydrogen) atoms. The number of aliphatic hydroxyl groups is 1. The molecule has 0 aliphatic heterocycles. The number of carboxylic acid groups (broad SMARTS) is 1. The Hall–Kier alpha value is -3.34. The van der Waals surface area contributed by atoms with Crippen LogP contribution in [0.1, 0.15) is 21.5 Å². The molecule has 0 atom stereocenters. The fourth-order valence-electron chi connectivity index (χ4n) is 2.27. The minimum atomic E-state index is -1.64. The normalized spacial score (nSPS) is 10.7. The maximum absolute atomic E-state index is 11.6. The maximum atomic E-state index is 11.6. The first-order valence-corrected chi connectivity index (χ1v) is 5.96. The molecule has 0 spiro atoms. The summed E-state index contributed by atoms with van der Waals surface area (Å²) in [4.78, 5) is 43.0. The molecule has 0 radical (unpaired) electrons. The number of aryl methyl sites for hydroxylation is 1. The van der Waals surface area contributed by atoms with Crippen molar-refractivity contribution in [1.82, 2.24) is 0 Å². The lowest BCUT2D eigenvalue weighted by atomic mass is 10.00. The zero-order valence-electron chi connectivity index (χ0n) is 11.4. The quantitative estimate of drug-likeness (QED) is 0.474. The SMILES string of the molecule is Cc1c([N+](=O)[O-])c(CO)c([N+](=O)[O-])c2oc(=O)c(C(=O)O)cc12. The van der Waals surface area contributed by atoms with E-state index in [-0.39, 0.29) is 10.9 Å². The summed E-state index contributed by atoms with van der Waals surface area (Å²) in [5, 5.41) is 40.3. The van der Waals surface area contributed by atoms with Gasteiger partial charge in [-0.25, -0.2) is 9.59 Å². The van der Waals surface area contributed by atoms with Crippen LogP contribution in [0.2, 0.25) is 0 Å². The van der Waals surface area contributed by atoms with Crippen molar-refractivity contribution in [2.24, 2.45) is 0 Å². The predicted octanol–water partition coefficient (Wildman–Crippen LogP) is 1.11. The van der Waals surface area contributed by atoms with Gasteiger partial charge in [0.1, 0.15) is 11.1 Å². The van der Waals surface area contributed by atoms with E-state index < -0.39 is 56.1 Å². The molecule has 0 fully saturated rings. The van der Waals surface area contributed by atoms with Gasteiger partial charge in [0, 0.05) is 10.9 Å². The molecular formula is C12H8N2O9. The molecule has 2 N–H and O–H groups in total. The number of nitrogens with zero attached hydrogens (tertiary/aromatic N) is 2. The zero-order valence-corrected chi connectivity index (χ0v) is 11.4. The third kappa shape index (κ3) is 2.38. The molecule has 0 aliphatic carbocycles. The standard InChI is InChI=1S/C12H8N2O9/c1-4-5-2-6(11(16)17)12(18)23-10(5)9(14(21)22)7(3-15)8(4)13(19)20/h2,15H,3H2,1H3,(H,16,17). The van der Waals surface area contributed by atoms with Gasteiger partial charge in [0.05, 0.1) is 16.5 Å². The van der Waals surface area contributed by atoms with Crippen LogP contribution in [0.3, 0.4) is 0 Å². The van der Waals surface area contributed by atoms with Crippen molar-refractivity contribution in [3.05, 3.63) is 53.4 Å². The summed E-state index contributed by atoms with van der Waals surface area (Å²) in [5.74, 6) is -1.64. The number of rotatable bonds is 4. The summed E-state index contributed by atoms with van der Waals surface area (Å²) in [5.41, 5.74) is -5.27. The van der Waals surface area contributed by atoms with Crippen molar-refractivity contribution >= 4 is 28.3 Å². The van der Waals surface area contributed by atoms with Crippen molar-refractivity contribution in [3.8, 4) is 0 Å². The number of aliphatic hydroxyl groups excluding tert-OH is 1. The Labute approximate surface area is 125 Å². The molecule has 2 aromatic rings. The van der Waals surface area contributed by atoms with Gasteiger partial charge in [-0.05, 0) is 13.0 Å². The first-order valence-electron chi connectivity index (χ1n) is 5.96. The van der Waals surface area contributed by atoms with E-state index in [4.69, 9.17) is 9.52 Å². The number of fused-ring (bicyclic) bond motifs is 1. The second-order valence-electron chi connectivity index (χ2n) is 4.47. The highest BCUT2D eigenvalue weighted by Gasteiger charge is 2.34. The van der Waals surface area contributed by atoms with Crippen LogP contribution in [0.25, 0.3) is 11.0 Å². The van der Waals surface area contributed by atoms with Crippen LogP contribution in [0.5, 0.6) is 0 Å². The van der Waals surface area contributed by atoms with Gasteiger partial charge in [-0.2, -0.15) is 0 Å². The van der Waals surface area contributed by atoms with Crippen LogP contribution < -0.4 is 5.63 Å². The van der Waals surface area contributed by atoms with E-state index in [9.17, 15) is 34.9 Å². The molecule has 1 aromatic carbocycles. The maximum Gasteiger partial charge on any atom is 0.351 e. The topological polar surface area (TPSA) is 174 Å². The lowest BCUT2D eigenvalue weighted by molar-refractivity contribution is -0.395. The molecule has 0 saturated heterocycles. The van der Waals surface area contributed by atoms with E-state index in [2.05, 4.69) is 0 Å². The average molecular weight is 324 g/mol. The molecular weight excluding hydrogens is 316 g/mol. The van der Waals surface area contributed by atoms with Crippen LogP contribution in [0.4, 0.5) is 11.4 Å². The highest BCUT2D eigenvalue weighted by Crippen LogP contribution is 2.39. The Morgan fingerprint density at radius 2 is 1.83 bits per heavy atom. The molecule has 11 nitrogen and oxygen atoms in total. The summed E-state index contributed by atoms with van der Waals surface area (Å²) in [7, 11) is 0. The van der Waals surface area contributed by atoms with Crippen molar-refractivity contribution in [2.75, 3.05) is 0 Å². The Bertz CT molecular complexity index is 928. The van der Waals surface area contributed by atoms with E-state index in [0.29, 0.717) is 0 Å². The third-order valence-electron chi connectivity index (χ3n) is 3.25. The van der Waals surface area contributed by atoms with E-state index in [1.807, 2.05) is 0 Å². The molecule has 2 rings (SSSR count). The van der Waals surface area contributed by atoms with Crippen LogP contribution in [0, 0.1) is 27.2 Å². The van der Waals surface area contributed by atoms with Crippen molar-refractivity contribution in [1.29, 1.82) is 0 Å². The number of hydrogen-bond acceptors (Lipinski definition) is 8. The fraction of sp³-hybridized carbons (Fsp3) is 0.167. The van der Waals surface area contributed by atoms with Gasteiger partial charge in [-0.15, -0.1) is 0 Å². The first kappa shape index (κ1) is 16.0. The molecule has 0 unspecified atom stereocenters.